The number of phenols is 1. The molecule has 1 aromatic rings. The van der Waals surface area contributed by atoms with E-state index in [1.54, 1.807) is 7.11 Å². The molecule has 154 valence electrons. The summed E-state index contributed by atoms with van der Waals surface area (Å²) in [6.45, 7) is 6.91. The number of methoxy groups -OCH3 is 1. The van der Waals surface area contributed by atoms with Crippen LogP contribution in [0.15, 0.2) is 12.1 Å². The fourth-order valence-corrected chi connectivity index (χ4v) is 7.69. The number of ether oxygens (including phenoxy) is 1. The summed E-state index contributed by atoms with van der Waals surface area (Å²) >= 11 is 0. The first-order valence-electron chi connectivity index (χ1n) is 11.1. The van der Waals surface area contributed by atoms with Crippen LogP contribution in [0.3, 0.4) is 0 Å². The molecule has 2 saturated heterocycles. The minimum atomic E-state index is -0.0205. The third-order valence-electron chi connectivity index (χ3n) is 8.75. The maximum atomic E-state index is 11.2. The van der Waals surface area contributed by atoms with Crippen molar-refractivity contribution in [3.8, 4) is 11.5 Å². The molecule has 0 amide bonds. The molecule has 3 fully saturated rings. The van der Waals surface area contributed by atoms with Crippen LogP contribution >= 0.6 is 0 Å². The quantitative estimate of drug-likeness (QED) is 0.832. The summed E-state index contributed by atoms with van der Waals surface area (Å²) in [4.78, 5) is 5.11. The molecule has 5 nitrogen and oxygen atoms in total. The number of aromatic hydroxyl groups is 1. The second-order valence-electron chi connectivity index (χ2n) is 9.55. The highest BCUT2D eigenvalue weighted by molar-refractivity contribution is 5.77. The predicted molar refractivity (Wildman–Crippen MR) is 110 cm³/mol. The summed E-state index contributed by atoms with van der Waals surface area (Å²) < 4.78 is 5.46. The number of rotatable bonds is 4. The number of phenolic OH excluding ortho intramolecular Hbond substituents is 1. The van der Waals surface area contributed by atoms with Gasteiger partial charge in [0.05, 0.1) is 19.4 Å². The summed E-state index contributed by atoms with van der Waals surface area (Å²) in [6.07, 6.45) is 7.40. The molecule has 3 aliphatic heterocycles. The Kier molecular flexibility index (Phi) is 4.15. The number of piperidine rings is 1. The summed E-state index contributed by atoms with van der Waals surface area (Å²) in [5.74, 6) is 0.782. The fourth-order valence-electron chi connectivity index (χ4n) is 7.69. The molecule has 1 aromatic carbocycles. The molecule has 3 heterocycles. The highest BCUT2D eigenvalue weighted by Crippen LogP contribution is 2.67. The molecule has 5 rings (SSSR count). The lowest BCUT2D eigenvalue weighted by Crippen LogP contribution is -2.65. The summed E-state index contributed by atoms with van der Waals surface area (Å²) in [7, 11) is 1.61. The Balaban J connectivity index is 1.75. The van der Waals surface area contributed by atoms with Crippen molar-refractivity contribution in [3.63, 3.8) is 0 Å². The topological polar surface area (TPSA) is 56.2 Å². The highest BCUT2D eigenvalue weighted by atomic mass is 16.5. The van der Waals surface area contributed by atoms with Gasteiger partial charge in [-0.25, -0.2) is 0 Å². The van der Waals surface area contributed by atoms with Gasteiger partial charge in [-0.1, -0.05) is 13.0 Å². The van der Waals surface area contributed by atoms with Crippen LogP contribution in [0.4, 0.5) is 5.69 Å². The normalized spacial score (nSPS) is 37.4. The first-order valence-corrected chi connectivity index (χ1v) is 11.1. The second-order valence-corrected chi connectivity index (χ2v) is 9.55. The molecule has 1 saturated carbocycles. The molecule has 2 N–H and O–H groups in total. The van der Waals surface area contributed by atoms with Crippen LogP contribution < -0.4 is 9.64 Å². The molecule has 1 unspecified atom stereocenters. The Morgan fingerprint density at radius 1 is 1.25 bits per heavy atom. The molecule has 1 spiro atoms. The third kappa shape index (κ3) is 2.05. The van der Waals surface area contributed by atoms with Gasteiger partial charge in [-0.15, -0.1) is 0 Å². The van der Waals surface area contributed by atoms with Crippen LogP contribution in [-0.4, -0.2) is 60.0 Å². The Labute approximate surface area is 168 Å². The second kappa shape index (κ2) is 6.27. The highest BCUT2D eigenvalue weighted by Gasteiger charge is 2.68. The molecule has 1 aliphatic carbocycles. The minimum Gasteiger partial charge on any atom is -0.503 e. The van der Waals surface area contributed by atoms with Crippen molar-refractivity contribution in [2.24, 2.45) is 5.41 Å². The number of nitrogens with zero attached hydrogens (tertiary/aromatic N) is 2. The predicted octanol–water partition coefficient (Wildman–Crippen LogP) is 3.27. The third-order valence-corrected chi connectivity index (χ3v) is 8.75. The van der Waals surface area contributed by atoms with Crippen molar-refractivity contribution in [3.05, 3.63) is 17.7 Å². The van der Waals surface area contributed by atoms with E-state index in [9.17, 15) is 10.2 Å². The van der Waals surface area contributed by atoms with Crippen LogP contribution in [0.25, 0.3) is 0 Å². The van der Waals surface area contributed by atoms with Gasteiger partial charge in [0, 0.05) is 23.5 Å². The summed E-state index contributed by atoms with van der Waals surface area (Å²) in [5.41, 5.74) is 2.65. The number of anilines is 1. The van der Waals surface area contributed by atoms with Gasteiger partial charge in [-0.3, -0.25) is 4.90 Å². The van der Waals surface area contributed by atoms with Crippen LogP contribution in [0.2, 0.25) is 0 Å². The Bertz CT molecular complexity index is 783. The minimum absolute atomic E-state index is 0.0205. The standard InChI is InChI=1S/C23H34N2O3/c1-4-22-9-5-12-24-13-11-23(21(22)24)16-6-7-17(28-3)20(27)19(16)25(15(2)14-26)18(23)8-10-22/h6-7,15,18,21,26-27H,4-5,8-14H2,1-3H3/t15?,18-,21-,22-,23-/m1/s1. The Morgan fingerprint density at radius 2 is 2.07 bits per heavy atom. The zero-order valence-corrected chi connectivity index (χ0v) is 17.4. The average Bonchev–Trinajstić information content (AvgIpc) is 3.26. The van der Waals surface area contributed by atoms with Gasteiger partial charge in [0.1, 0.15) is 0 Å². The van der Waals surface area contributed by atoms with E-state index in [1.807, 2.05) is 6.07 Å². The number of fused-ring (bicyclic) bond motifs is 1. The van der Waals surface area contributed by atoms with E-state index in [4.69, 9.17) is 4.74 Å². The maximum Gasteiger partial charge on any atom is 0.181 e. The lowest BCUT2D eigenvalue weighted by atomic mass is 9.52. The lowest BCUT2D eigenvalue weighted by Gasteiger charge is -2.59. The van der Waals surface area contributed by atoms with E-state index in [2.05, 4.69) is 29.7 Å². The van der Waals surface area contributed by atoms with Crippen molar-refractivity contribution in [1.29, 1.82) is 0 Å². The summed E-state index contributed by atoms with van der Waals surface area (Å²) in [5, 5.41) is 21.2. The van der Waals surface area contributed by atoms with Crippen molar-refractivity contribution in [2.45, 2.75) is 75.9 Å². The first-order chi connectivity index (χ1) is 13.5. The maximum absolute atomic E-state index is 11.2. The van der Waals surface area contributed by atoms with Crippen LogP contribution in [0, 0.1) is 5.41 Å². The van der Waals surface area contributed by atoms with Crippen molar-refractivity contribution >= 4 is 5.69 Å². The van der Waals surface area contributed by atoms with Crippen LogP contribution in [-0.2, 0) is 5.41 Å². The van der Waals surface area contributed by atoms with Gasteiger partial charge in [-0.2, -0.15) is 0 Å². The monoisotopic (exact) mass is 386 g/mol. The van der Waals surface area contributed by atoms with Gasteiger partial charge in [-0.05, 0) is 75.6 Å². The van der Waals surface area contributed by atoms with Crippen LogP contribution in [0.5, 0.6) is 11.5 Å². The molecular weight excluding hydrogens is 352 g/mol. The number of benzene rings is 1. The average molecular weight is 387 g/mol. The molecule has 0 aromatic heterocycles. The largest absolute Gasteiger partial charge is 0.503 e. The molecule has 5 heteroatoms. The van der Waals surface area contributed by atoms with E-state index in [1.165, 1.54) is 37.8 Å². The molecule has 4 aliphatic rings. The molecule has 5 atom stereocenters. The zero-order chi connectivity index (χ0) is 19.7. The number of hydrogen-bond donors (Lipinski definition) is 2. The lowest BCUT2D eigenvalue weighted by molar-refractivity contribution is -0.0353. The van der Waals surface area contributed by atoms with Gasteiger partial charge >= 0.3 is 0 Å². The molecule has 28 heavy (non-hydrogen) atoms. The molecular formula is C23H34N2O3. The summed E-state index contributed by atoms with van der Waals surface area (Å²) in [6, 6.07) is 5.03. The van der Waals surface area contributed by atoms with Gasteiger partial charge in [0.2, 0.25) is 0 Å². The van der Waals surface area contributed by atoms with Crippen molar-refractivity contribution in [2.75, 3.05) is 31.7 Å². The van der Waals surface area contributed by atoms with E-state index in [0.29, 0.717) is 23.2 Å². The van der Waals surface area contributed by atoms with E-state index in [-0.39, 0.29) is 23.8 Å². The van der Waals surface area contributed by atoms with E-state index in [0.717, 1.165) is 25.1 Å². The van der Waals surface area contributed by atoms with Gasteiger partial charge in [0.15, 0.2) is 11.5 Å². The Hall–Kier alpha value is -1.46. The van der Waals surface area contributed by atoms with E-state index >= 15 is 0 Å². The number of aliphatic hydroxyl groups excluding tert-OH is 1. The fraction of sp³-hybridized carbons (Fsp3) is 0.739. The first kappa shape index (κ1) is 18.6. The van der Waals surface area contributed by atoms with E-state index < -0.39 is 0 Å². The van der Waals surface area contributed by atoms with Crippen LogP contribution in [0.1, 0.15) is 57.9 Å². The number of hydrogen-bond acceptors (Lipinski definition) is 5. The zero-order valence-electron chi connectivity index (χ0n) is 17.4. The SMILES string of the molecule is CC[C@@]12CCCN3CC[C@]4(c5ccc(OC)c(O)c5N(C(C)CO)[C@@H]4CC1)[C@H]32. The van der Waals surface area contributed by atoms with Crippen molar-refractivity contribution in [1.82, 2.24) is 4.90 Å². The molecule has 0 bridgehead atoms. The van der Waals surface area contributed by atoms with Crippen molar-refractivity contribution < 1.29 is 14.9 Å². The van der Waals surface area contributed by atoms with Gasteiger partial charge < -0.3 is 19.8 Å². The molecule has 0 radical (unpaired) electrons. The smallest absolute Gasteiger partial charge is 0.181 e. The Morgan fingerprint density at radius 3 is 2.79 bits per heavy atom. The number of aliphatic hydroxyl groups is 1. The van der Waals surface area contributed by atoms with Gasteiger partial charge in [0.25, 0.3) is 0 Å².